The highest BCUT2D eigenvalue weighted by Gasteiger charge is 1.95. The largest absolute Gasteiger partial charge is 0.300 e. The van der Waals surface area contributed by atoms with Crippen LogP contribution in [0, 0.1) is 11.2 Å². The highest BCUT2D eigenvalue weighted by Crippen LogP contribution is 2.11. The molecule has 0 aromatic heterocycles. The third-order valence-corrected chi connectivity index (χ3v) is 2.49. The summed E-state index contributed by atoms with van der Waals surface area (Å²) in [5.41, 5.74) is 0.937. The lowest BCUT2D eigenvalue weighted by Crippen LogP contribution is -1.84. The molecule has 2 nitrogen and oxygen atoms in total. The van der Waals surface area contributed by atoms with Crippen molar-refractivity contribution < 1.29 is 8.42 Å². The van der Waals surface area contributed by atoms with E-state index in [2.05, 4.69) is 21.9 Å². The Morgan fingerprint density at radius 3 is 2.71 bits per heavy atom. The average molecular weight is 294 g/mol. The van der Waals surface area contributed by atoms with Crippen molar-refractivity contribution in [2.45, 2.75) is 6.42 Å². The van der Waals surface area contributed by atoms with Crippen molar-refractivity contribution in [3.05, 3.63) is 34.3 Å². The normalized spacial score (nSPS) is 10.4. The monoisotopic (exact) mass is 292 g/mol. The van der Waals surface area contributed by atoms with Crippen molar-refractivity contribution in [3.63, 3.8) is 0 Å². The summed E-state index contributed by atoms with van der Waals surface area (Å²) in [7, 11) is 1.22. The zero-order valence-electron chi connectivity index (χ0n) is 7.00. The van der Waals surface area contributed by atoms with E-state index in [0.29, 0.717) is 6.42 Å². The molecule has 1 rings (SSSR count). The van der Waals surface area contributed by atoms with Crippen LogP contribution in [0.2, 0.25) is 0 Å². The fourth-order valence-electron chi connectivity index (χ4n) is 0.871. The number of benzene rings is 1. The van der Waals surface area contributed by atoms with Crippen LogP contribution >= 0.6 is 26.6 Å². The van der Waals surface area contributed by atoms with Crippen molar-refractivity contribution in [3.8, 4) is 11.2 Å². The molecule has 0 fully saturated rings. The van der Waals surface area contributed by atoms with Crippen LogP contribution < -0.4 is 0 Å². The van der Waals surface area contributed by atoms with Gasteiger partial charge in [-0.1, -0.05) is 34.0 Å². The van der Waals surface area contributed by atoms with Gasteiger partial charge in [0.25, 0.3) is 0 Å². The van der Waals surface area contributed by atoms with Crippen molar-refractivity contribution in [1.29, 1.82) is 0 Å². The van der Waals surface area contributed by atoms with E-state index in [-0.39, 0.29) is 0 Å². The lowest BCUT2D eigenvalue weighted by atomic mass is 10.2. The molecule has 0 aliphatic carbocycles. The van der Waals surface area contributed by atoms with Gasteiger partial charge in [-0.15, -0.1) is 0 Å². The molecule has 74 valence electrons. The highest BCUT2D eigenvalue weighted by atomic mass is 79.9. The molecule has 1 aromatic rings. The van der Waals surface area contributed by atoms with Crippen LogP contribution in [-0.2, 0) is 15.5 Å². The number of hydrogen-bond donors (Lipinski definition) is 0. The van der Waals surface area contributed by atoms with Gasteiger partial charge in [-0.05, 0) is 17.7 Å². The summed E-state index contributed by atoms with van der Waals surface area (Å²) < 4.78 is 21.9. The molecule has 0 amide bonds. The summed E-state index contributed by atoms with van der Waals surface area (Å²) in [5.74, 6) is 2.48. The summed E-state index contributed by atoms with van der Waals surface area (Å²) in [6, 6.07) is 7.47. The van der Waals surface area contributed by atoms with E-state index in [4.69, 9.17) is 10.7 Å². The minimum atomic E-state index is -3.71. The first kappa shape index (κ1) is 11.6. The van der Waals surface area contributed by atoms with Gasteiger partial charge in [0, 0.05) is 26.8 Å². The van der Waals surface area contributed by atoms with Gasteiger partial charge < -0.3 is 0 Å². The summed E-state index contributed by atoms with van der Waals surface area (Å²) >= 11 is 3.30. The van der Waals surface area contributed by atoms with Gasteiger partial charge in [0.15, 0.2) is 0 Å². The molecule has 0 spiro atoms. The van der Waals surface area contributed by atoms with Crippen molar-refractivity contribution in [2.24, 2.45) is 0 Å². The Hall–Kier alpha value is -0.500. The molecular weight excluding hydrogens is 288 g/mol. The maximum Gasteiger partial charge on any atom is 0.300 e. The average Bonchev–Trinajstić information content (AvgIpc) is 2.01. The molecule has 0 radical (unpaired) electrons. The third kappa shape index (κ3) is 4.66. The summed E-state index contributed by atoms with van der Waals surface area (Å²) in [4.78, 5) is 0. The molecule has 5 heteroatoms. The molecule has 0 N–H and O–H groups in total. The first-order chi connectivity index (χ1) is 6.47. The van der Waals surface area contributed by atoms with Gasteiger partial charge in [-0.3, -0.25) is 0 Å². The third-order valence-electron chi connectivity index (χ3n) is 1.38. The van der Waals surface area contributed by atoms with Crippen LogP contribution in [-0.4, -0.2) is 8.42 Å². The molecule has 1 aromatic carbocycles. The Kier molecular flexibility index (Phi) is 3.99. The highest BCUT2D eigenvalue weighted by molar-refractivity contribution is 9.10. The molecule has 0 bridgehead atoms. The van der Waals surface area contributed by atoms with Gasteiger partial charge >= 0.3 is 9.05 Å². The molecule has 0 saturated carbocycles. The minimum Gasteiger partial charge on any atom is -0.198 e. The molecule has 0 saturated heterocycles. The number of rotatable bonds is 1. The Morgan fingerprint density at radius 1 is 1.43 bits per heavy atom. The predicted octanol–water partition coefficient (Wildman–Crippen LogP) is 2.52. The standard InChI is InChI=1S/C9H6BrClO2S/c10-9-5-1-3-8(7-9)4-2-6-14(11,12)13/h1,3,5,7H,4H2. The Balaban J connectivity index is 2.75. The molecule has 0 unspecified atom stereocenters. The van der Waals surface area contributed by atoms with Crippen molar-refractivity contribution in [1.82, 2.24) is 0 Å². The lowest BCUT2D eigenvalue weighted by molar-refractivity contribution is 0.618. The predicted molar refractivity (Wildman–Crippen MR) is 60.4 cm³/mol. The Labute approximate surface area is 95.8 Å². The molecular formula is C9H6BrClO2S. The smallest absolute Gasteiger partial charge is 0.198 e. The van der Waals surface area contributed by atoms with Crippen LogP contribution in [0.1, 0.15) is 5.56 Å². The first-order valence-electron chi connectivity index (χ1n) is 3.66. The quantitative estimate of drug-likeness (QED) is 0.589. The second kappa shape index (κ2) is 4.83. The van der Waals surface area contributed by atoms with E-state index >= 15 is 0 Å². The Morgan fingerprint density at radius 2 is 2.14 bits per heavy atom. The van der Waals surface area contributed by atoms with E-state index in [9.17, 15) is 8.42 Å². The zero-order valence-corrected chi connectivity index (χ0v) is 10.2. The molecule has 0 atom stereocenters. The molecule has 0 aliphatic heterocycles. The molecule has 14 heavy (non-hydrogen) atoms. The van der Waals surface area contributed by atoms with Crippen LogP contribution in [0.15, 0.2) is 28.7 Å². The fraction of sp³-hybridized carbons (Fsp3) is 0.111. The zero-order chi connectivity index (χ0) is 10.6. The van der Waals surface area contributed by atoms with Gasteiger partial charge in [-0.25, -0.2) is 0 Å². The molecule has 0 aliphatic rings. The maximum atomic E-state index is 10.5. The van der Waals surface area contributed by atoms with Gasteiger partial charge in [0.1, 0.15) is 0 Å². The van der Waals surface area contributed by atoms with Crippen molar-refractivity contribution in [2.75, 3.05) is 0 Å². The van der Waals surface area contributed by atoms with E-state index in [1.807, 2.05) is 29.5 Å². The van der Waals surface area contributed by atoms with E-state index in [1.165, 1.54) is 0 Å². The summed E-state index contributed by atoms with van der Waals surface area (Å²) in [6.07, 6.45) is 0.366. The first-order valence-corrected chi connectivity index (χ1v) is 6.76. The van der Waals surface area contributed by atoms with E-state index in [1.54, 1.807) is 0 Å². The van der Waals surface area contributed by atoms with Gasteiger partial charge in [0.05, 0.1) is 0 Å². The lowest BCUT2D eigenvalue weighted by Gasteiger charge is -1.94. The van der Waals surface area contributed by atoms with E-state index in [0.717, 1.165) is 10.0 Å². The van der Waals surface area contributed by atoms with Crippen molar-refractivity contribution >= 4 is 35.7 Å². The minimum absolute atomic E-state index is 0.366. The second-order valence-corrected chi connectivity index (χ2v) is 5.74. The number of halogens is 2. The van der Waals surface area contributed by atoms with E-state index < -0.39 is 9.05 Å². The second-order valence-electron chi connectivity index (χ2n) is 2.52. The molecule has 0 heterocycles. The van der Waals surface area contributed by atoms with Gasteiger partial charge in [0.2, 0.25) is 0 Å². The topological polar surface area (TPSA) is 34.1 Å². The summed E-state index contributed by atoms with van der Waals surface area (Å²) in [5, 5.41) is 1.96. The van der Waals surface area contributed by atoms with Crippen LogP contribution in [0.5, 0.6) is 0 Å². The number of hydrogen-bond acceptors (Lipinski definition) is 2. The summed E-state index contributed by atoms with van der Waals surface area (Å²) in [6.45, 7) is 0. The van der Waals surface area contributed by atoms with Crippen LogP contribution in [0.25, 0.3) is 0 Å². The van der Waals surface area contributed by atoms with Gasteiger partial charge in [-0.2, -0.15) is 8.42 Å². The Bertz CT molecular complexity index is 485. The van der Waals surface area contributed by atoms with Crippen LogP contribution in [0.4, 0.5) is 0 Å². The maximum absolute atomic E-state index is 10.5. The SMILES string of the molecule is O=S(=O)(Cl)C#CCc1cccc(Br)c1. The van der Waals surface area contributed by atoms with Crippen LogP contribution in [0.3, 0.4) is 0 Å². The fourth-order valence-corrected chi connectivity index (χ4v) is 1.73.